The van der Waals surface area contributed by atoms with Crippen molar-refractivity contribution in [1.82, 2.24) is 5.32 Å². The molecule has 0 aliphatic carbocycles. The normalized spacial score (nSPS) is 11.7. The standard InChI is InChI=1S/C18H20N2O4S/c1-11(2)16(19-12(3)21)18(23)24-14-8-6-13(7-9-14)20-17(22)15-5-4-10-25-15/h4-11,16H,1-3H3,(H,19,21)(H,20,22)/t16-/m0/s1. The second-order valence-corrected chi connectivity index (χ2v) is 6.75. The lowest BCUT2D eigenvalue weighted by Crippen LogP contribution is -2.45. The predicted molar refractivity (Wildman–Crippen MR) is 96.8 cm³/mol. The third kappa shape index (κ3) is 5.42. The van der Waals surface area contributed by atoms with Crippen LogP contribution in [0, 0.1) is 5.92 Å². The third-order valence-corrected chi connectivity index (χ3v) is 4.22. The van der Waals surface area contributed by atoms with Crippen molar-refractivity contribution in [2.45, 2.75) is 26.8 Å². The minimum atomic E-state index is -0.712. The van der Waals surface area contributed by atoms with Gasteiger partial charge in [-0.15, -0.1) is 11.3 Å². The number of nitrogens with one attached hydrogen (secondary N) is 2. The van der Waals surface area contributed by atoms with Gasteiger partial charge in [-0.05, 0) is 41.6 Å². The molecule has 25 heavy (non-hydrogen) atoms. The van der Waals surface area contributed by atoms with E-state index in [2.05, 4.69) is 10.6 Å². The van der Waals surface area contributed by atoms with Crippen LogP contribution in [0.3, 0.4) is 0 Å². The van der Waals surface area contributed by atoms with Gasteiger partial charge in [0.25, 0.3) is 5.91 Å². The Kier molecular flexibility index (Phi) is 6.30. The van der Waals surface area contributed by atoms with E-state index in [-0.39, 0.29) is 17.7 Å². The van der Waals surface area contributed by atoms with E-state index in [1.54, 1.807) is 30.3 Å². The van der Waals surface area contributed by atoms with Crippen molar-refractivity contribution in [3.8, 4) is 5.75 Å². The lowest BCUT2D eigenvalue weighted by Gasteiger charge is -2.19. The second kappa shape index (κ2) is 8.43. The summed E-state index contributed by atoms with van der Waals surface area (Å²) in [6.07, 6.45) is 0. The van der Waals surface area contributed by atoms with Crippen molar-refractivity contribution in [2.75, 3.05) is 5.32 Å². The molecule has 0 saturated carbocycles. The van der Waals surface area contributed by atoms with Gasteiger partial charge < -0.3 is 15.4 Å². The highest BCUT2D eigenvalue weighted by atomic mass is 32.1. The topological polar surface area (TPSA) is 84.5 Å². The van der Waals surface area contributed by atoms with Gasteiger partial charge >= 0.3 is 5.97 Å². The van der Waals surface area contributed by atoms with Gasteiger partial charge in [-0.2, -0.15) is 0 Å². The number of carbonyl (C=O) groups is 3. The monoisotopic (exact) mass is 360 g/mol. The van der Waals surface area contributed by atoms with Crippen LogP contribution < -0.4 is 15.4 Å². The lowest BCUT2D eigenvalue weighted by atomic mass is 10.0. The quantitative estimate of drug-likeness (QED) is 0.612. The van der Waals surface area contributed by atoms with Gasteiger partial charge in [0.1, 0.15) is 11.8 Å². The largest absolute Gasteiger partial charge is 0.425 e. The zero-order valence-electron chi connectivity index (χ0n) is 14.2. The Morgan fingerprint density at radius 1 is 1.08 bits per heavy atom. The highest BCUT2D eigenvalue weighted by molar-refractivity contribution is 7.12. The molecule has 0 spiro atoms. The van der Waals surface area contributed by atoms with E-state index < -0.39 is 12.0 Å². The van der Waals surface area contributed by atoms with Gasteiger partial charge in [-0.3, -0.25) is 9.59 Å². The first-order valence-electron chi connectivity index (χ1n) is 7.80. The molecule has 2 aromatic rings. The minimum absolute atomic E-state index is 0.0965. The first-order chi connectivity index (χ1) is 11.9. The van der Waals surface area contributed by atoms with E-state index in [4.69, 9.17) is 4.74 Å². The minimum Gasteiger partial charge on any atom is -0.425 e. The maximum Gasteiger partial charge on any atom is 0.334 e. The van der Waals surface area contributed by atoms with E-state index in [0.717, 1.165) is 0 Å². The van der Waals surface area contributed by atoms with Crippen molar-refractivity contribution in [2.24, 2.45) is 5.92 Å². The van der Waals surface area contributed by atoms with Gasteiger partial charge in [0.15, 0.2) is 0 Å². The maximum atomic E-state index is 12.2. The van der Waals surface area contributed by atoms with Crippen LogP contribution in [-0.2, 0) is 9.59 Å². The number of hydrogen-bond donors (Lipinski definition) is 2. The van der Waals surface area contributed by atoms with Gasteiger partial charge in [-0.25, -0.2) is 4.79 Å². The fourth-order valence-corrected chi connectivity index (χ4v) is 2.72. The van der Waals surface area contributed by atoms with Gasteiger partial charge in [-0.1, -0.05) is 19.9 Å². The Bertz CT molecular complexity index is 739. The molecule has 0 bridgehead atoms. The summed E-state index contributed by atoms with van der Waals surface area (Å²) < 4.78 is 5.31. The average Bonchev–Trinajstić information content (AvgIpc) is 3.08. The van der Waals surface area contributed by atoms with E-state index >= 15 is 0 Å². The summed E-state index contributed by atoms with van der Waals surface area (Å²) in [7, 11) is 0. The summed E-state index contributed by atoms with van der Waals surface area (Å²) in [6.45, 7) is 5.00. The average molecular weight is 360 g/mol. The van der Waals surface area contributed by atoms with Gasteiger partial charge in [0, 0.05) is 12.6 Å². The Morgan fingerprint density at radius 3 is 2.28 bits per heavy atom. The zero-order valence-corrected chi connectivity index (χ0v) is 15.1. The number of carbonyl (C=O) groups excluding carboxylic acids is 3. The summed E-state index contributed by atoms with van der Waals surface area (Å²) in [4.78, 5) is 36.0. The van der Waals surface area contributed by atoms with Crippen molar-refractivity contribution in [3.63, 3.8) is 0 Å². The molecule has 1 aromatic carbocycles. The summed E-state index contributed by atoms with van der Waals surface area (Å²) in [5.41, 5.74) is 0.598. The summed E-state index contributed by atoms with van der Waals surface area (Å²) in [5, 5.41) is 7.18. The smallest absolute Gasteiger partial charge is 0.334 e. The fraction of sp³-hybridized carbons (Fsp3) is 0.278. The molecule has 0 fully saturated rings. The lowest BCUT2D eigenvalue weighted by molar-refractivity contribution is -0.140. The van der Waals surface area contributed by atoms with Crippen LogP contribution in [0.1, 0.15) is 30.4 Å². The molecule has 0 aliphatic rings. The first-order valence-corrected chi connectivity index (χ1v) is 8.68. The Hall–Kier alpha value is -2.67. The van der Waals surface area contributed by atoms with Crippen LogP contribution in [0.15, 0.2) is 41.8 Å². The fourth-order valence-electron chi connectivity index (χ4n) is 2.10. The number of amides is 2. The molecular weight excluding hydrogens is 340 g/mol. The van der Waals surface area contributed by atoms with Crippen LogP contribution >= 0.6 is 11.3 Å². The van der Waals surface area contributed by atoms with Gasteiger partial charge in [0.2, 0.25) is 5.91 Å². The third-order valence-electron chi connectivity index (χ3n) is 3.35. The van der Waals surface area contributed by atoms with Crippen LogP contribution in [-0.4, -0.2) is 23.8 Å². The van der Waals surface area contributed by atoms with Crippen LogP contribution in [0.2, 0.25) is 0 Å². The highest BCUT2D eigenvalue weighted by Crippen LogP contribution is 2.19. The maximum absolute atomic E-state index is 12.2. The zero-order chi connectivity index (χ0) is 18.4. The molecule has 2 amide bonds. The molecule has 0 radical (unpaired) electrons. The second-order valence-electron chi connectivity index (χ2n) is 5.80. The Labute approximate surface area is 150 Å². The number of rotatable bonds is 6. The van der Waals surface area contributed by atoms with E-state index in [0.29, 0.717) is 16.3 Å². The van der Waals surface area contributed by atoms with E-state index in [1.807, 2.05) is 25.3 Å². The Morgan fingerprint density at radius 2 is 1.76 bits per heavy atom. The molecule has 7 heteroatoms. The van der Waals surface area contributed by atoms with E-state index in [1.165, 1.54) is 18.3 Å². The Balaban J connectivity index is 1.98. The predicted octanol–water partition coefficient (Wildman–Crippen LogP) is 3.07. The molecule has 1 heterocycles. The number of thiophene rings is 1. The van der Waals surface area contributed by atoms with Crippen LogP contribution in [0.25, 0.3) is 0 Å². The number of benzene rings is 1. The molecule has 1 atom stereocenters. The highest BCUT2D eigenvalue weighted by Gasteiger charge is 2.25. The molecule has 2 N–H and O–H groups in total. The number of hydrogen-bond acceptors (Lipinski definition) is 5. The van der Waals surface area contributed by atoms with Crippen molar-refractivity contribution in [3.05, 3.63) is 46.7 Å². The van der Waals surface area contributed by atoms with Crippen LogP contribution in [0.5, 0.6) is 5.75 Å². The van der Waals surface area contributed by atoms with Crippen molar-refractivity contribution in [1.29, 1.82) is 0 Å². The molecule has 6 nitrogen and oxygen atoms in total. The SMILES string of the molecule is CC(=O)N[C@H](C(=O)Oc1ccc(NC(=O)c2cccs2)cc1)C(C)C. The van der Waals surface area contributed by atoms with Crippen molar-refractivity contribution >= 4 is 34.8 Å². The summed E-state index contributed by atoms with van der Waals surface area (Å²) in [6, 6.07) is 9.32. The molecule has 0 saturated heterocycles. The molecule has 2 rings (SSSR count). The van der Waals surface area contributed by atoms with Gasteiger partial charge in [0.05, 0.1) is 4.88 Å². The molecule has 132 valence electrons. The molecule has 0 unspecified atom stereocenters. The summed E-state index contributed by atoms with van der Waals surface area (Å²) >= 11 is 1.36. The molecule has 1 aromatic heterocycles. The molecular formula is C18H20N2O4S. The number of anilines is 1. The van der Waals surface area contributed by atoms with Crippen molar-refractivity contribution < 1.29 is 19.1 Å². The summed E-state index contributed by atoms with van der Waals surface area (Å²) in [5.74, 6) is -0.760. The first kappa shape index (κ1) is 18.7. The number of esters is 1. The number of ether oxygens (including phenoxy) is 1. The van der Waals surface area contributed by atoms with E-state index in [9.17, 15) is 14.4 Å². The molecule has 0 aliphatic heterocycles. The van der Waals surface area contributed by atoms with Crippen LogP contribution in [0.4, 0.5) is 5.69 Å².